The monoisotopic (exact) mass is 304 g/mol. The first kappa shape index (κ1) is 12.8. The van der Waals surface area contributed by atoms with Crippen molar-refractivity contribution in [3.63, 3.8) is 0 Å². The van der Waals surface area contributed by atoms with Crippen LogP contribution >= 0.6 is 15.9 Å². The SMILES string of the molecule is Nc1ccncc1CC(=O)Cc1ccccc1Br. The fourth-order valence-corrected chi connectivity index (χ4v) is 2.14. The molecule has 0 saturated heterocycles. The fourth-order valence-electron chi connectivity index (χ4n) is 1.71. The summed E-state index contributed by atoms with van der Waals surface area (Å²) in [6, 6.07) is 9.43. The lowest BCUT2D eigenvalue weighted by Crippen LogP contribution is -2.09. The Bertz CT molecular complexity index is 520. The van der Waals surface area contributed by atoms with Crippen molar-refractivity contribution in [3.05, 3.63) is 58.3 Å². The molecule has 0 unspecified atom stereocenters. The zero-order valence-corrected chi connectivity index (χ0v) is 11.4. The van der Waals surface area contributed by atoms with Crippen LogP contribution in [0.4, 0.5) is 5.69 Å². The molecule has 2 aromatic rings. The van der Waals surface area contributed by atoms with Crippen molar-refractivity contribution in [2.75, 3.05) is 5.73 Å². The third-order valence-corrected chi connectivity index (χ3v) is 3.45. The van der Waals surface area contributed by atoms with Gasteiger partial charge in [0.2, 0.25) is 0 Å². The van der Waals surface area contributed by atoms with E-state index < -0.39 is 0 Å². The van der Waals surface area contributed by atoms with E-state index in [9.17, 15) is 4.79 Å². The molecule has 0 spiro atoms. The zero-order valence-electron chi connectivity index (χ0n) is 9.77. The van der Waals surface area contributed by atoms with Crippen LogP contribution in [0, 0.1) is 0 Å². The molecule has 18 heavy (non-hydrogen) atoms. The average molecular weight is 305 g/mol. The van der Waals surface area contributed by atoms with E-state index in [1.807, 2.05) is 24.3 Å². The molecule has 0 aliphatic rings. The van der Waals surface area contributed by atoms with Gasteiger partial charge in [0.25, 0.3) is 0 Å². The van der Waals surface area contributed by atoms with Crippen LogP contribution < -0.4 is 5.73 Å². The second-order valence-corrected chi connectivity index (χ2v) is 4.91. The van der Waals surface area contributed by atoms with Crippen LogP contribution in [0.3, 0.4) is 0 Å². The Labute approximate surface area is 114 Å². The summed E-state index contributed by atoms with van der Waals surface area (Å²) in [4.78, 5) is 16.0. The predicted molar refractivity (Wildman–Crippen MR) is 75.2 cm³/mol. The molecule has 4 heteroatoms. The van der Waals surface area contributed by atoms with Gasteiger partial charge in [0.05, 0.1) is 0 Å². The number of carbonyl (C=O) groups excluding carboxylic acids is 1. The van der Waals surface area contributed by atoms with Gasteiger partial charge in [-0.1, -0.05) is 34.1 Å². The van der Waals surface area contributed by atoms with Crippen molar-refractivity contribution >= 4 is 27.4 Å². The van der Waals surface area contributed by atoms with Crippen LogP contribution in [0.5, 0.6) is 0 Å². The topological polar surface area (TPSA) is 56.0 Å². The maximum Gasteiger partial charge on any atom is 0.141 e. The number of halogens is 1. The van der Waals surface area contributed by atoms with E-state index in [0.29, 0.717) is 18.5 Å². The number of benzene rings is 1. The number of nitrogens with zero attached hydrogens (tertiary/aromatic N) is 1. The van der Waals surface area contributed by atoms with Crippen LogP contribution in [0.25, 0.3) is 0 Å². The van der Waals surface area contributed by atoms with Gasteiger partial charge in [0.15, 0.2) is 0 Å². The number of ketones is 1. The highest BCUT2D eigenvalue weighted by Gasteiger charge is 2.09. The van der Waals surface area contributed by atoms with Gasteiger partial charge >= 0.3 is 0 Å². The molecular weight excluding hydrogens is 292 g/mol. The van der Waals surface area contributed by atoms with Crippen molar-refractivity contribution in [3.8, 4) is 0 Å². The van der Waals surface area contributed by atoms with E-state index in [0.717, 1.165) is 15.6 Å². The Balaban J connectivity index is 2.06. The van der Waals surface area contributed by atoms with Gasteiger partial charge in [-0.15, -0.1) is 0 Å². The second-order valence-electron chi connectivity index (χ2n) is 4.06. The third kappa shape index (κ3) is 3.17. The number of anilines is 1. The zero-order chi connectivity index (χ0) is 13.0. The van der Waals surface area contributed by atoms with Crippen molar-refractivity contribution in [2.45, 2.75) is 12.8 Å². The summed E-state index contributed by atoms with van der Waals surface area (Å²) in [5.74, 6) is 0.126. The molecule has 92 valence electrons. The summed E-state index contributed by atoms with van der Waals surface area (Å²) >= 11 is 3.44. The van der Waals surface area contributed by atoms with Crippen molar-refractivity contribution < 1.29 is 4.79 Å². The Morgan fingerprint density at radius 2 is 1.89 bits per heavy atom. The second kappa shape index (κ2) is 5.78. The summed E-state index contributed by atoms with van der Waals surface area (Å²) in [5, 5.41) is 0. The molecule has 2 N–H and O–H groups in total. The molecule has 0 aliphatic heterocycles. The van der Waals surface area contributed by atoms with Crippen LogP contribution in [-0.2, 0) is 17.6 Å². The molecule has 0 radical (unpaired) electrons. The molecule has 3 nitrogen and oxygen atoms in total. The molecule has 0 fully saturated rings. The van der Waals surface area contributed by atoms with E-state index in [-0.39, 0.29) is 5.78 Å². The minimum absolute atomic E-state index is 0.126. The largest absolute Gasteiger partial charge is 0.398 e. The van der Waals surface area contributed by atoms with Crippen LogP contribution in [0.15, 0.2) is 47.2 Å². The highest BCUT2D eigenvalue weighted by Crippen LogP contribution is 2.18. The summed E-state index contributed by atoms with van der Waals surface area (Å²) in [5.41, 5.74) is 8.18. The maximum atomic E-state index is 12.0. The van der Waals surface area contributed by atoms with Crippen LogP contribution in [-0.4, -0.2) is 10.8 Å². The Hall–Kier alpha value is -1.68. The summed E-state index contributed by atoms with van der Waals surface area (Å²) in [6.07, 6.45) is 3.99. The lowest BCUT2D eigenvalue weighted by atomic mass is 10.0. The number of aromatic nitrogens is 1. The van der Waals surface area contributed by atoms with Gasteiger partial charge in [0, 0.05) is 41.0 Å². The summed E-state index contributed by atoms with van der Waals surface area (Å²) < 4.78 is 0.956. The molecule has 0 amide bonds. The highest BCUT2D eigenvalue weighted by atomic mass is 79.9. The number of carbonyl (C=O) groups is 1. The number of Topliss-reactive ketones (excluding diaryl/α,β-unsaturated/α-hetero) is 1. The Kier molecular flexibility index (Phi) is 4.10. The third-order valence-electron chi connectivity index (χ3n) is 2.67. The van der Waals surface area contributed by atoms with Crippen molar-refractivity contribution in [1.29, 1.82) is 0 Å². The van der Waals surface area contributed by atoms with Gasteiger partial charge in [-0.3, -0.25) is 9.78 Å². The van der Waals surface area contributed by atoms with Crippen LogP contribution in [0.2, 0.25) is 0 Å². The minimum atomic E-state index is 0.126. The van der Waals surface area contributed by atoms with Gasteiger partial charge in [-0.25, -0.2) is 0 Å². The molecular formula is C14H13BrN2O. The first-order valence-electron chi connectivity index (χ1n) is 5.60. The standard InChI is InChI=1S/C14H13BrN2O/c15-13-4-2-1-3-10(13)7-12(18)8-11-9-17-6-5-14(11)16/h1-6,9H,7-8H2,(H2,16,17). The number of hydrogen-bond donors (Lipinski definition) is 1. The first-order chi connectivity index (χ1) is 8.66. The molecule has 0 saturated carbocycles. The van der Waals surface area contributed by atoms with Gasteiger partial charge in [-0.2, -0.15) is 0 Å². The van der Waals surface area contributed by atoms with Gasteiger partial charge in [0.1, 0.15) is 5.78 Å². The lowest BCUT2D eigenvalue weighted by Gasteiger charge is -2.05. The predicted octanol–water partition coefficient (Wildman–Crippen LogP) is 2.78. The first-order valence-corrected chi connectivity index (χ1v) is 6.39. The highest BCUT2D eigenvalue weighted by molar-refractivity contribution is 9.10. The van der Waals surface area contributed by atoms with E-state index in [2.05, 4.69) is 20.9 Å². The summed E-state index contributed by atoms with van der Waals surface area (Å²) in [6.45, 7) is 0. The van der Waals surface area contributed by atoms with Crippen LogP contribution in [0.1, 0.15) is 11.1 Å². The van der Waals surface area contributed by atoms with Gasteiger partial charge < -0.3 is 5.73 Å². The van der Waals surface area contributed by atoms with E-state index in [4.69, 9.17) is 5.73 Å². The smallest absolute Gasteiger partial charge is 0.141 e. The van der Waals surface area contributed by atoms with E-state index >= 15 is 0 Å². The molecule has 1 heterocycles. The molecule has 1 aromatic heterocycles. The molecule has 0 atom stereocenters. The number of nitrogen functional groups attached to an aromatic ring is 1. The normalized spacial score (nSPS) is 10.3. The molecule has 1 aromatic carbocycles. The average Bonchev–Trinajstić information content (AvgIpc) is 2.35. The van der Waals surface area contributed by atoms with Crippen molar-refractivity contribution in [1.82, 2.24) is 4.98 Å². The minimum Gasteiger partial charge on any atom is -0.398 e. The number of pyridine rings is 1. The van der Waals surface area contributed by atoms with Gasteiger partial charge in [-0.05, 0) is 17.7 Å². The summed E-state index contributed by atoms with van der Waals surface area (Å²) in [7, 11) is 0. The lowest BCUT2D eigenvalue weighted by molar-refractivity contribution is -0.117. The number of hydrogen-bond acceptors (Lipinski definition) is 3. The molecule has 0 aliphatic carbocycles. The molecule has 0 bridgehead atoms. The quantitative estimate of drug-likeness (QED) is 0.945. The van der Waals surface area contributed by atoms with E-state index in [1.165, 1.54) is 0 Å². The van der Waals surface area contributed by atoms with E-state index in [1.54, 1.807) is 18.5 Å². The maximum absolute atomic E-state index is 12.0. The Morgan fingerprint density at radius 3 is 2.61 bits per heavy atom. The molecule has 2 rings (SSSR count). The fraction of sp³-hybridized carbons (Fsp3) is 0.143. The van der Waals surface area contributed by atoms with Crippen molar-refractivity contribution in [2.24, 2.45) is 0 Å². The number of rotatable bonds is 4. The Morgan fingerprint density at radius 1 is 1.17 bits per heavy atom. The number of nitrogens with two attached hydrogens (primary N) is 1.